The van der Waals surface area contributed by atoms with Crippen LogP contribution in [0.4, 0.5) is 5.69 Å². The molecule has 0 aliphatic rings. The summed E-state index contributed by atoms with van der Waals surface area (Å²) in [5.41, 5.74) is 3.31. The molecule has 0 aliphatic heterocycles. The lowest BCUT2D eigenvalue weighted by atomic mass is 10.2. The first-order valence-corrected chi connectivity index (χ1v) is 10.6. The third-order valence-corrected chi connectivity index (χ3v) is 5.63. The van der Waals surface area contributed by atoms with E-state index in [1.165, 1.54) is 27.2 Å². The Morgan fingerprint density at radius 1 is 1.07 bits per heavy atom. The van der Waals surface area contributed by atoms with Crippen molar-refractivity contribution >= 4 is 33.8 Å². The van der Waals surface area contributed by atoms with Crippen LogP contribution < -0.4 is 19.2 Å². The number of amides is 1. The van der Waals surface area contributed by atoms with Crippen LogP contribution in [0.25, 0.3) is 0 Å². The molecule has 160 valence electrons. The highest BCUT2D eigenvalue weighted by Crippen LogP contribution is 2.22. The minimum atomic E-state index is -3.68. The van der Waals surface area contributed by atoms with E-state index < -0.39 is 28.4 Å². The normalized spacial score (nSPS) is 11.2. The maximum atomic E-state index is 12.4. The largest absolute Gasteiger partial charge is 0.497 e. The molecule has 9 nitrogen and oxygen atoms in total. The third kappa shape index (κ3) is 6.59. The summed E-state index contributed by atoms with van der Waals surface area (Å²) in [5.74, 6) is -0.225. The number of esters is 1. The van der Waals surface area contributed by atoms with Crippen LogP contribution in [-0.4, -0.2) is 45.9 Å². The van der Waals surface area contributed by atoms with Crippen molar-refractivity contribution in [3.63, 3.8) is 0 Å². The van der Waals surface area contributed by atoms with E-state index in [4.69, 9.17) is 9.47 Å². The third-order valence-electron chi connectivity index (χ3n) is 3.89. The second-order valence-corrected chi connectivity index (χ2v) is 8.24. The molecule has 0 bridgehead atoms. The molecule has 0 aliphatic carbocycles. The predicted octanol–water partition coefficient (Wildman–Crippen LogP) is 1.93. The molecule has 0 fully saturated rings. The van der Waals surface area contributed by atoms with Gasteiger partial charge in [-0.2, -0.15) is 5.10 Å². The van der Waals surface area contributed by atoms with Crippen LogP contribution in [0, 0.1) is 0 Å². The molecule has 2 aromatic rings. The highest BCUT2D eigenvalue weighted by atomic mass is 32.2. The van der Waals surface area contributed by atoms with Crippen molar-refractivity contribution in [3.05, 3.63) is 54.1 Å². The lowest BCUT2D eigenvalue weighted by Crippen LogP contribution is -2.40. The van der Waals surface area contributed by atoms with Crippen molar-refractivity contribution in [2.45, 2.75) is 13.8 Å². The van der Waals surface area contributed by atoms with E-state index in [1.807, 2.05) is 0 Å². The molecular weight excluding hydrogens is 410 g/mol. The Morgan fingerprint density at radius 2 is 1.67 bits per heavy atom. The molecule has 1 N–H and O–H groups in total. The minimum Gasteiger partial charge on any atom is -0.497 e. The van der Waals surface area contributed by atoms with Gasteiger partial charge in [-0.25, -0.2) is 13.8 Å². The molecule has 0 spiro atoms. The Balaban J connectivity index is 2.04. The average Bonchev–Trinajstić information content (AvgIpc) is 2.73. The number of sulfonamides is 1. The van der Waals surface area contributed by atoms with Crippen LogP contribution in [0.2, 0.25) is 0 Å². The van der Waals surface area contributed by atoms with E-state index in [0.717, 1.165) is 4.31 Å². The van der Waals surface area contributed by atoms with E-state index in [1.54, 1.807) is 48.5 Å². The van der Waals surface area contributed by atoms with Gasteiger partial charge in [0, 0.05) is 6.92 Å². The minimum absolute atomic E-state index is 0.162. The summed E-state index contributed by atoms with van der Waals surface area (Å²) in [7, 11) is -2.18. The first kappa shape index (κ1) is 22.9. The van der Waals surface area contributed by atoms with Gasteiger partial charge in [0.15, 0.2) is 0 Å². The van der Waals surface area contributed by atoms with E-state index in [9.17, 15) is 18.0 Å². The fraction of sp³-hybridized carbons (Fsp3) is 0.250. The second-order valence-electron chi connectivity index (χ2n) is 6.06. The summed E-state index contributed by atoms with van der Waals surface area (Å²) < 4.78 is 35.9. The van der Waals surface area contributed by atoms with Gasteiger partial charge in [-0.1, -0.05) is 0 Å². The molecule has 0 saturated carbocycles. The first-order valence-electron chi connectivity index (χ1n) is 9.00. The summed E-state index contributed by atoms with van der Waals surface area (Å²) in [4.78, 5) is 23.2. The monoisotopic (exact) mass is 433 g/mol. The predicted molar refractivity (Wildman–Crippen MR) is 113 cm³/mol. The Morgan fingerprint density at radius 3 is 2.20 bits per heavy atom. The first-order chi connectivity index (χ1) is 14.2. The fourth-order valence-corrected chi connectivity index (χ4v) is 3.46. The summed E-state index contributed by atoms with van der Waals surface area (Å²) >= 11 is 0. The van der Waals surface area contributed by atoms with E-state index in [0.29, 0.717) is 22.7 Å². The molecular formula is C20H23N3O6S. The molecule has 1 amide bonds. The number of carbonyl (C=O) groups excluding carboxylic acids is 2. The lowest BCUT2D eigenvalue weighted by Gasteiger charge is -2.23. The maximum absolute atomic E-state index is 12.4. The van der Waals surface area contributed by atoms with Crippen molar-refractivity contribution in [1.29, 1.82) is 0 Å². The van der Waals surface area contributed by atoms with Gasteiger partial charge >= 0.3 is 5.97 Å². The highest BCUT2D eigenvalue weighted by Gasteiger charge is 2.23. The number of nitrogens with one attached hydrogen (secondary N) is 1. The number of hydrazone groups is 1. The number of nitrogens with zero attached hydrogens (tertiary/aromatic N) is 2. The van der Waals surface area contributed by atoms with Crippen LogP contribution in [0.15, 0.2) is 53.6 Å². The van der Waals surface area contributed by atoms with E-state index in [2.05, 4.69) is 10.5 Å². The molecule has 10 heteroatoms. The lowest BCUT2D eigenvalue weighted by molar-refractivity contribution is -0.131. The second kappa shape index (κ2) is 10.4. The van der Waals surface area contributed by atoms with Crippen molar-refractivity contribution in [3.8, 4) is 11.5 Å². The van der Waals surface area contributed by atoms with Crippen LogP contribution in [0.3, 0.4) is 0 Å². The molecule has 0 saturated heterocycles. The van der Waals surface area contributed by atoms with Gasteiger partial charge in [-0.15, -0.1) is 0 Å². The SMILES string of the molecule is CCS(=O)(=O)N(CC(=O)N/N=C\c1ccc(OC(C)=O)cc1)c1ccc(OC)cc1. The van der Waals surface area contributed by atoms with Gasteiger partial charge in [-0.05, 0) is 61.0 Å². The zero-order chi connectivity index (χ0) is 22.1. The molecule has 0 aromatic heterocycles. The number of methoxy groups -OCH3 is 1. The number of hydrogen-bond acceptors (Lipinski definition) is 7. The summed E-state index contributed by atoms with van der Waals surface area (Å²) in [6.07, 6.45) is 1.39. The van der Waals surface area contributed by atoms with Gasteiger partial charge in [0.05, 0.1) is 24.8 Å². The quantitative estimate of drug-likeness (QED) is 0.280. The number of carbonyl (C=O) groups is 2. The number of anilines is 1. The maximum Gasteiger partial charge on any atom is 0.308 e. The van der Waals surface area contributed by atoms with Gasteiger partial charge in [-0.3, -0.25) is 13.9 Å². The Labute approximate surface area is 175 Å². The molecule has 0 heterocycles. The van der Waals surface area contributed by atoms with Gasteiger partial charge in [0.25, 0.3) is 5.91 Å². The summed E-state index contributed by atoms with van der Waals surface area (Å²) in [5, 5.41) is 3.84. The number of benzene rings is 2. The number of ether oxygens (including phenoxy) is 2. The van der Waals surface area contributed by atoms with Crippen LogP contribution in [0.5, 0.6) is 11.5 Å². The molecule has 0 unspecified atom stereocenters. The standard InChI is InChI=1S/C20H23N3O6S/c1-4-30(26,27)23(17-7-11-18(28-3)12-8-17)14-20(25)22-21-13-16-5-9-19(10-6-16)29-15(2)24/h5-13H,4,14H2,1-3H3,(H,22,25)/b21-13-. The fourth-order valence-electron chi connectivity index (χ4n) is 2.39. The molecule has 2 aromatic carbocycles. The number of hydrogen-bond donors (Lipinski definition) is 1. The average molecular weight is 433 g/mol. The zero-order valence-corrected chi connectivity index (χ0v) is 17.7. The zero-order valence-electron chi connectivity index (χ0n) is 16.9. The molecule has 30 heavy (non-hydrogen) atoms. The Kier molecular flexibility index (Phi) is 7.93. The van der Waals surface area contributed by atoms with E-state index >= 15 is 0 Å². The van der Waals surface area contributed by atoms with Crippen LogP contribution in [-0.2, 0) is 19.6 Å². The van der Waals surface area contributed by atoms with Gasteiger partial charge in [0.1, 0.15) is 18.0 Å². The Bertz CT molecular complexity index is 1000. The van der Waals surface area contributed by atoms with Crippen molar-refractivity contribution in [2.24, 2.45) is 5.10 Å². The summed E-state index contributed by atoms with van der Waals surface area (Å²) in [6, 6.07) is 12.8. The molecule has 0 atom stereocenters. The van der Waals surface area contributed by atoms with Gasteiger partial charge in [0.2, 0.25) is 10.0 Å². The van der Waals surface area contributed by atoms with Crippen molar-refractivity contribution < 1.29 is 27.5 Å². The van der Waals surface area contributed by atoms with Gasteiger partial charge < -0.3 is 9.47 Å². The molecule has 0 radical (unpaired) electrons. The topological polar surface area (TPSA) is 114 Å². The van der Waals surface area contributed by atoms with Crippen molar-refractivity contribution in [1.82, 2.24) is 5.43 Å². The smallest absolute Gasteiger partial charge is 0.308 e. The molecule has 2 rings (SSSR count). The number of rotatable bonds is 9. The van der Waals surface area contributed by atoms with E-state index in [-0.39, 0.29) is 5.75 Å². The highest BCUT2D eigenvalue weighted by molar-refractivity contribution is 7.92. The van der Waals surface area contributed by atoms with Crippen molar-refractivity contribution in [2.75, 3.05) is 23.7 Å². The van der Waals surface area contributed by atoms with Crippen LogP contribution in [0.1, 0.15) is 19.4 Å². The van der Waals surface area contributed by atoms with Crippen LogP contribution >= 0.6 is 0 Å². The summed E-state index contributed by atoms with van der Waals surface area (Å²) in [6.45, 7) is 2.38. The Hall–Kier alpha value is -3.40.